The Hall–Kier alpha value is -2.93. The average Bonchev–Trinajstić information content (AvgIpc) is 3.52. The van der Waals surface area contributed by atoms with E-state index in [4.69, 9.17) is 9.97 Å². The number of imidazole rings is 1. The summed E-state index contributed by atoms with van der Waals surface area (Å²) in [6.45, 7) is 9.00. The van der Waals surface area contributed by atoms with E-state index in [2.05, 4.69) is 75.8 Å². The van der Waals surface area contributed by atoms with E-state index in [1.165, 1.54) is 48.1 Å². The molecule has 0 radical (unpaired) electrons. The molecule has 3 aromatic heterocycles. The smallest absolute Gasteiger partial charge is 0.227 e. The van der Waals surface area contributed by atoms with Crippen LogP contribution in [0.4, 0.5) is 11.8 Å². The summed E-state index contributed by atoms with van der Waals surface area (Å²) in [5.41, 5.74) is 4.21. The Bertz CT molecular complexity index is 1170. The first-order valence-electron chi connectivity index (χ1n) is 12.6. The summed E-state index contributed by atoms with van der Waals surface area (Å²) in [7, 11) is 0. The highest BCUT2D eigenvalue weighted by Crippen LogP contribution is 2.31. The van der Waals surface area contributed by atoms with Gasteiger partial charge in [-0.2, -0.15) is 9.97 Å². The molecule has 0 amide bonds. The Kier molecular flexibility index (Phi) is 8.16. The highest BCUT2D eigenvalue weighted by Gasteiger charge is 2.19. The Morgan fingerprint density at radius 1 is 1.03 bits per heavy atom. The molecule has 0 atom stereocenters. The minimum atomic E-state index is 0.284. The van der Waals surface area contributed by atoms with Gasteiger partial charge in [0.05, 0.1) is 6.33 Å². The topological polar surface area (TPSA) is 67.7 Å². The van der Waals surface area contributed by atoms with E-state index < -0.39 is 0 Å². The van der Waals surface area contributed by atoms with Crippen LogP contribution in [-0.4, -0.2) is 25.6 Å². The van der Waals surface area contributed by atoms with E-state index in [-0.39, 0.29) is 6.04 Å². The predicted octanol–water partition coefficient (Wildman–Crippen LogP) is 7.52. The molecule has 5 rings (SSSR count). The molecule has 4 aromatic rings. The van der Waals surface area contributed by atoms with Crippen LogP contribution in [0.5, 0.6) is 0 Å². The number of rotatable bonds is 7. The first-order chi connectivity index (χ1) is 16.7. The summed E-state index contributed by atoms with van der Waals surface area (Å²) in [5, 5.41) is 9.32. The zero-order valence-corrected chi connectivity index (χ0v) is 21.5. The molecule has 0 saturated heterocycles. The van der Waals surface area contributed by atoms with Gasteiger partial charge >= 0.3 is 0 Å². The van der Waals surface area contributed by atoms with Crippen molar-refractivity contribution >= 4 is 34.3 Å². The van der Waals surface area contributed by atoms with Gasteiger partial charge in [0, 0.05) is 23.5 Å². The van der Waals surface area contributed by atoms with Gasteiger partial charge in [0.1, 0.15) is 0 Å². The van der Waals surface area contributed by atoms with Gasteiger partial charge in [-0.05, 0) is 49.3 Å². The maximum atomic E-state index is 4.86. The number of fused-ring (bicyclic) bond motifs is 1. The maximum Gasteiger partial charge on any atom is 0.227 e. The fraction of sp³-hybridized carbons (Fsp3) is 0.444. The monoisotopic (exact) mass is 476 g/mol. The van der Waals surface area contributed by atoms with E-state index in [0.29, 0.717) is 18.5 Å². The normalized spacial score (nSPS) is 14.1. The highest BCUT2D eigenvalue weighted by molar-refractivity contribution is 7.13. The minimum Gasteiger partial charge on any atom is -0.364 e. The zero-order valence-electron chi connectivity index (χ0n) is 20.7. The lowest BCUT2D eigenvalue weighted by atomic mass is 9.96. The van der Waals surface area contributed by atoms with E-state index in [1.54, 1.807) is 11.3 Å². The van der Waals surface area contributed by atoms with Crippen LogP contribution < -0.4 is 10.6 Å². The van der Waals surface area contributed by atoms with Crippen molar-refractivity contribution in [3.05, 3.63) is 53.7 Å². The van der Waals surface area contributed by atoms with Crippen LogP contribution in [0.2, 0.25) is 0 Å². The number of aromatic nitrogens is 4. The molecule has 1 aliphatic rings. The molecule has 0 bridgehead atoms. The third kappa shape index (κ3) is 5.41. The summed E-state index contributed by atoms with van der Waals surface area (Å²) < 4.78 is 2.12. The van der Waals surface area contributed by atoms with E-state index in [0.717, 1.165) is 17.0 Å². The van der Waals surface area contributed by atoms with Gasteiger partial charge in [-0.3, -0.25) is 0 Å². The second kappa shape index (κ2) is 11.5. The van der Waals surface area contributed by atoms with Crippen molar-refractivity contribution in [1.82, 2.24) is 19.5 Å². The lowest BCUT2D eigenvalue weighted by Gasteiger charge is -2.23. The SMILES string of the molecule is CC.CC(C)n1cnc2c(NCc3ccsc3-c3ccccc3)nc(NC3CCCCC3)nc21. The molecule has 34 heavy (non-hydrogen) atoms. The zero-order chi connectivity index (χ0) is 23.9. The quantitative estimate of drug-likeness (QED) is 0.289. The molecule has 1 fully saturated rings. The fourth-order valence-corrected chi connectivity index (χ4v) is 5.34. The van der Waals surface area contributed by atoms with Crippen molar-refractivity contribution in [2.24, 2.45) is 0 Å². The Balaban J connectivity index is 0.00000133. The van der Waals surface area contributed by atoms with Gasteiger partial charge in [-0.1, -0.05) is 63.4 Å². The molecule has 0 aliphatic heterocycles. The second-order valence-electron chi connectivity index (χ2n) is 8.79. The molecular formula is C27H36N6S. The number of thiophene rings is 1. The van der Waals surface area contributed by atoms with Crippen molar-refractivity contribution in [2.75, 3.05) is 10.6 Å². The largest absolute Gasteiger partial charge is 0.364 e. The van der Waals surface area contributed by atoms with Crippen LogP contribution in [0.3, 0.4) is 0 Å². The molecule has 2 N–H and O–H groups in total. The molecule has 1 aromatic carbocycles. The van der Waals surface area contributed by atoms with Crippen molar-refractivity contribution in [3.8, 4) is 10.4 Å². The first-order valence-corrected chi connectivity index (χ1v) is 13.4. The molecule has 3 heterocycles. The third-order valence-electron chi connectivity index (χ3n) is 6.15. The number of hydrogen-bond acceptors (Lipinski definition) is 6. The lowest BCUT2D eigenvalue weighted by molar-refractivity contribution is 0.461. The summed E-state index contributed by atoms with van der Waals surface area (Å²) >= 11 is 1.77. The van der Waals surface area contributed by atoms with Crippen LogP contribution in [0.1, 0.15) is 71.4 Å². The molecule has 0 unspecified atom stereocenters. The number of hydrogen-bond donors (Lipinski definition) is 2. The number of nitrogens with one attached hydrogen (secondary N) is 2. The number of benzene rings is 1. The van der Waals surface area contributed by atoms with Gasteiger partial charge < -0.3 is 15.2 Å². The summed E-state index contributed by atoms with van der Waals surface area (Å²) in [6.07, 6.45) is 8.12. The first kappa shape index (κ1) is 24.2. The van der Waals surface area contributed by atoms with Crippen LogP contribution in [-0.2, 0) is 6.54 Å². The molecule has 180 valence electrons. The lowest BCUT2D eigenvalue weighted by Crippen LogP contribution is -2.24. The standard InChI is InChI=1S/C25H30N6S.C2H6/c1-17(2)31-16-27-21-23(29-25(30-24(21)31)28-20-11-7-4-8-12-20)26-15-19-13-14-32-22(19)18-9-5-3-6-10-18;1-2/h3,5-6,9-10,13-14,16-17,20H,4,7-8,11-12,15H2,1-2H3,(H2,26,28,29,30);1-2H3. The van der Waals surface area contributed by atoms with Crippen LogP contribution in [0.15, 0.2) is 48.1 Å². The Labute approximate surface area is 206 Å². The third-order valence-corrected chi connectivity index (χ3v) is 7.15. The van der Waals surface area contributed by atoms with Gasteiger partial charge in [0.15, 0.2) is 17.0 Å². The Morgan fingerprint density at radius 3 is 2.53 bits per heavy atom. The minimum absolute atomic E-state index is 0.284. The van der Waals surface area contributed by atoms with Crippen molar-refractivity contribution in [3.63, 3.8) is 0 Å². The summed E-state index contributed by atoms with van der Waals surface area (Å²) in [5.74, 6) is 1.49. The molecule has 1 aliphatic carbocycles. The van der Waals surface area contributed by atoms with Crippen molar-refractivity contribution in [2.45, 2.75) is 78.4 Å². The molecule has 6 nitrogen and oxygen atoms in total. The maximum absolute atomic E-state index is 4.86. The van der Waals surface area contributed by atoms with Gasteiger partial charge in [0.2, 0.25) is 5.95 Å². The van der Waals surface area contributed by atoms with Gasteiger partial charge in [-0.15, -0.1) is 11.3 Å². The molecule has 1 saturated carbocycles. The van der Waals surface area contributed by atoms with Gasteiger partial charge in [0.25, 0.3) is 0 Å². The van der Waals surface area contributed by atoms with Crippen molar-refractivity contribution in [1.29, 1.82) is 0 Å². The molecule has 7 heteroatoms. The average molecular weight is 477 g/mol. The van der Waals surface area contributed by atoms with Crippen LogP contribution in [0, 0.1) is 0 Å². The van der Waals surface area contributed by atoms with Crippen molar-refractivity contribution < 1.29 is 0 Å². The fourth-order valence-electron chi connectivity index (χ4n) is 4.41. The summed E-state index contributed by atoms with van der Waals surface area (Å²) in [6, 6.07) is 13.5. The highest BCUT2D eigenvalue weighted by atomic mass is 32.1. The van der Waals surface area contributed by atoms with Crippen LogP contribution in [0.25, 0.3) is 21.6 Å². The summed E-state index contributed by atoms with van der Waals surface area (Å²) in [4.78, 5) is 15.7. The van der Waals surface area contributed by atoms with Gasteiger partial charge in [-0.25, -0.2) is 4.98 Å². The second-order valence-corrected chi connectivity index (χ2v) is 9.70. The number of anilines is 2. The number of nitrogens with zero attached hydrogens (tertiary/aromatic N) is 4. The Morgan fingerprint density at radius 2 is 1.79 bits per heavy atom. The van der Waals surface area contributed by atoms with Crippen LogP contribution >= 0.6 is 11.3 Å². The molecular weight excluding hydrogens is 440 g/mol. The van der Waals surface area contributed by atoms with E-state index in [9.17, 15) is 0 Å². The van der Waals surface area contributed by atoms with E-state index in [1.807, 2.05) is 20.2 Å². The predicted molar refractivity (Wildman–Crippen MR) is 145 cm³/mol. The molecule has 0 spiro atoms. The van der Waals surface area contributed by atoms with E-state index >= 15 is 0 Å².